The summed E-state index contributed by atoms with van der Waals surface area (Å²) in [4.78, 5) is 12.5. The van der Waals surface area contributed by atoms with E-state index in [1.807, 2.05) is 42.5 Å². The minimum atomic E-state index is -0.119. The molecule has 2 heteroatoms. The van der Waals surface area contributed by atoms with Gasteiger partial charge in [-0.1, -0.05) is 61.2 Å². The maximum absolute atomic E-state index is 12.5. The van der Waals surface area contributed by atoms with E-state index >= 15 is 0 Å². The van der Waals surface area contributed by atoms with Crippen LogP contribution in [0.4, 0.5) is 0 Å². The molecule has 19 heavy (non-hydrogen) atoms. The number of carbonyl (C=O) groups is 1. The highest BCUT2D eigenvalue weighted by molar-refractivity contribution is 6.12. The second-order valence-corrected chi connectivity index (χ2v) is 4.24. The van der Waals surface area contributed by atoms with Crippen molar-refractivity contribution in [3.8, 4) is 0 Å². The van der Waals surface area contributed by atoms with E-state index in [1.165, 1.54) is 0 Å². The molecule has 0 amide bonds. The Morgan fingerprint density at radius 1 is 1.00 bits per heavy atom. The van der Waals surface area contributed by atoms with Gasteiger partial charge in [-0.3, -0.25) is 4.79 Å². The number of benzene rings is 2. The molecule has 0 saturated carbocycles. The first-order valence-corrected chi connectivity index (χ1v) is 6.05. The topological polar surface area (TPSA) is 30.2 Å². The zero-order chi connectivity index (χ0) is 13.2. The molecule has 0 saturated heterocycles. The van der Waals surface area contributed by atoms with Crippen molar-refractivity contribution >= 4 is 22.8 Å². The molecule has 0 fully saturated rings. The molecule has 3 aromatic rings. The van der Waals surface area contributed by atoms with Crippen molar-refractivity contribution in [1.29, 1.82) is 0 Å². The lowest BCUT2D eigenvalue weighted by atomic mass is 10.0. The second kappa shape index (κ2) is 4.58. The Kier molecular flexibility index (Phi) is 2.76. The number of hydrogen-bond acceptors (Lipinski definition) is 2. The molecule has 92 valence electrons. The van der Waals surface area contributed by atoms with Gasteiger partial charge >= 0.3 is 0 Å². The summed E-state index contributed by atoms with van der Waals surface area (Å²) in [7, 11) is 0. The van der Waals surface area contributed by atoms with E-state index in [1.54, 1.807) is 18.2 Å². The van der Waals surface area contributed by atoms with Gasteiger partial charge in [0.05, 0.1) is 0 Å². The van der Waals surface area contributed by atoms with Crippen LogP contribution >= 0.6 is 0 Å². The minimum absolute atomic E-state index is 0.119. The highest BCUT2D eigenvalue weighted by atomic mass is 16.3. The average molecular weight is 248 g/mol. The van der Waals surface area contributed by atoms with Crippen LogP contribution in [0.3, 0.4) is 0 Å². The van der Waals surface area contributed by atoms with E-state index < -0.39 is 0 Å². The molecule has 0 bridgehead atoms. The van der Waals surface area contributed by atoms with E-state index in [9.17, 15) is 4.79 Å². The van der Waals surface area contributed by atoms with Crippen LogP contribution in [-0.4, -0.2) is 5.78 Å². The molecule has 3 rings (SSSR count). The summed E-state index contributed by atoms with van der Waals surface area (Å²) in [6, 6.07) is 16.7. The molecule has 2 aromatic carbocycles. The summed E-state index contributed by atoms with van der Waals surface area (Å²) in [6.07, 6.45) is 1.67. The number of ketones is 1. The standard InChI is InChI=1S/C17H12O2/c1-2-13-14-10-6-7-11-15(14)19-17(13)16(18)12-8-4-3-5-9-12/h2-11H,1H2. The molecule has 0 radical (unpaired) electrons. The minimum Gasteiger partial charge on any atom is -0.452 e. The van der Waals surface area contributed by atoms with Crippen LogP contribution < -0.4 is 0 Å². The first-order valence-electron chi connectivity index (χ1n) is 6.05. The summed E-state index contributed by atoms with van der Waals surface area (Å²) in [6.45, 7) is 3.78. The molecule has 0 unspecified atom stereocenters. The predicted molar refractivity (Wildman–Crippen MR) is 76.2 cm³/mol. The van der Waals surface area contributed by atoms with E-state index in [4.69, 9.17) is 4.42 Å². The first-order chi connectivity index (χ1) is 9.31. The maximum atomic E-state index is 12.5. The zero-order valence-electron chi connectivity index (χ0n) is 10.3. The molecule has 0 aliphatic rings. The van der Waals surface area contributed by atoms with Crippen molar-refractivity contribution in [2.24, 2.45) is 0 Å². The fraction of sp³-hybridized carbons (Fsp3) is 0. The summed E-state index contributed by atoms with van der Waals surface area (Å²) >= 11 is 0. The fourth-order valence-corrected chi connectivity index (χ4v) is 2.16. The fourth-order valence-electron chi connectivity index (χ4n) is 2.16. The van der Waals surface area contributed by atoms with Gasteiger partial charge in [0, 0.05) is 16.5 Å². The molecule has 1 heterocycles. The lowest BCUT2D eigenvalue weighted by molar-refractivity contribution is 0.101. The van der Waals surface area contributed by atoms with Crippen molar-refractivity contribution in [1.82, 2.24) is 0 Å². The van der Waals surface area contributed by atoms with Gasteiger partial charge in [0.25, 0.3) is 0 Å². The zero-order valence-corrected chi connectivity index (χ0v) is 10.3. The monoisotopic (exact) mass is 248 g/mol. The molecule has 0 aliphatic carbocycles. The van der Waals surface area contributed by atoms with E-state index in [0.717, 1.165) is 10.9 Å². The normalized spacial score (nSPS) is 10.5. The third-order valence-corrected chi connectivity index (χ3v) is 3.08. The van der Waals surface area contributed by atoms with Crippen molar-refractivity contribution < 1.29 is 9.21 Å². The number of fused-ring (bicyclic) bond motifs is 1. The summed E-state index contributed by atoms with van der Waals surface area (Å²) in [5.41, 5.74) is 2.07. The number of para-hydroxylation sites is 1. The molecular formula is C17H12O2. The third kappa shape index (κ3) is 1.87. The SMILES string of the molecule is C=Cc1c(C(=O)c2ccccc2)oc2ccccc12. The Morgan fingerprint density at radius 3 is 2.42 bits per heavy atom. The first kappa shape index (κ1) is 11.5. The van der Waals surface area contributed by atoms with Crippen LogP contribution in [0.25, 0.3) is 17.0 Å². The number of rotatable bonds is 3. The van der Waals surface area contributed by atoms with Gasteiger partial charge in [-0.25, -0.2) is 0 Å². The number of carbonyl (C=O) groups excluding carboxylic acids is 1. The smallest absolute Gasteiger partial charge is 0.228 e. The van der Waals surface area contributed by atoms with E-state index in [2.05, 4.69) is 6.58 Å². The molecule has 1 aromatic heterocycles. The lowest BCUT2D eigenvalue weighted by Crippen LogP contribution is -2.00. The van der Waals surface area contributed by atoms with E-state index in [-0.39, 0.29) is 5.78 Å². The van der Waals surface area contributed by atoms with Crippen LogP contribution in [0.15, 0.2) is 65.6 Å². The van der Waals surface area contributed by atoms with Gasteiger partial charge in [-0.05, 0) is 6.07 Å². The summed E-state index contributed by atoms with van der Waals surface area (Å²) in [5, 5.41) is 0.914. The van der Waals surface area contributed by atoms with Crippen LogP contribution in [-0.2, 0) is 0 Å². The van der Waals surface area contributed by atoms with Crippen LogP contribution in [0.2, 0.25) is 0 Å². The van der Waals surface area contributed by atoms with Crippen molar-refractivity contribution in [2.45, 2.75) is 0 Å². The van der Waals surface area contributed by atoms with Gasteiger partial charge in [0.1, 0.15) is 5.58 Å². The predicted octanol–water partition coefficient (Wildman–Crippen LogP) is 4.31. The van der Waals surface area contributed by atoms with Gasteiger partial charge in [0.15, 0.2) is 5.76 Å². The molecular weight excluding hydrogens is 236 g/mol. The van der Waals surface area contributed by atoms with Crippen molar-refractivity contribution in [3.05, 3.63) is 78.1 Å². The third-order valence-electron chi connectivity index (χ3n) is 3.08. The van der Waals surface area contributed by atoms with Gasteiger partial charge in [-0.15, -0.1) is 0 Å². The molecule has 0 aliphatic heterocycles. The van der Waals surface area contributed by atoms with Crippen LogP contribution in [0, 0.1) is 0 Å². The summed E-state index contributed by atoms with van der Waals surface area (Å²) < 4.78 is 5.69. The second-order valence-electron chi connectivity index (χ2n) is 4.24. The van der Waals surface area contributed by atoms with Gasteiger partial charge in [-0.2, -0.15) is 0 Å². The number of furan rings is 1. The average Bonchev–Trinajstić information content (AvgIpc) is 2.85. The van der Waals surface area contributed by atoms with Crippen LogP contribution in [0.1, 0.15) is 21.7 Å². The van der Waals surface area contributed by atoms with Crippen LogP contribution in [0.5, 0.6) is 0 Å². The molecule has 2 nitrogen and oxygen atoms in total. The maximum Gasteiger partial charge on any atom is 0.228 e. The summed E-state index contributed by atoms with van der Waals surface area (Å²) in [5.74, 6) is 0.231. The van der Waals surface area contributed by atoms with Gasteiger partial charge < -0.3 is 4.42 Å². The number of hydrogen-bond donors (Lipinski definition) is 0. The quantitative estimate of drug-likeness (QED) is 0.646. The molecule has 0 N–H and O–H groups in total. The lowest BCUT2D eigenvalue weighted by Gasteiger charge is -1.98. The Balaban J connectivity index is 2.20. The highest BCUT2D eigenvalue weighted by Crippen LogP contribution is 2.28. The Hall–Kier alpha value is -2.61. The largest absolute Gasteiger partial charge is 0.452 e. The molecule has 0 atom stereocenters. The van der Waals surface area contributed by atoms with E-state index in [0.29, 0.717) is 16.9 Å². The van der Waals surface area contributed by atoms with Crippen molar-refractivity contribution in [3.63, 3.8) is 0 Å². The van der Waals surface area contributed by atoms with Gasteiger partial charge in [0.2, 0.25) is 5.78 Å². The van der Waals surface area contributed by atoms with Crippen molar-refractivity contribution in [2.75, 3.05) is 0 Å². The highest BCUT2D eigenvalue weighted by Gasteiger charge is 2.19. The Bertz CT molecular complexity index is 751. The molecule has 0 spiro atoms. The Labute approximate surface area is 111 Å². The Morgan fingerprint density at radius 2 is 1.68 bits per heavy atom.